The van der Waals surface area contributed by atoms with E-state index in [1.54, 1.807) is 49.7 Å². The molecule has 0 bridgehead atoms. The van der Waals surface area contributed by atoms with Crippen molar-refractivity contribution in [2.45, 2.75) is 43.0 Å². The van der Waals surface area contributed by atoms with Crippen LogP contribution in [0, 0.1) is 10.1 Å². The smallest absolute Gasteiger partial charge is 0.338 e. The number of fused-ring (bicyclic) bond motifs is 1. The van der Waals surface area contributed by atoms with Gasteiger partial charge in [-0.2, -0.15) is 0 Å². The summed E-state index contributed by atoms with van der Waals surface area (Å²) >= 11 is 2.35. The van der Waals surface area contributed by atoms with Crippen molar-refractivity contribution in [2.75, 3.05) is 6.61 Å². The predicted octanol–water partition coefficient (Wildman–Crippen LogP) is 5.57. The van der Waals surface area contributed by atoms with Crippen molar-refractivity contribution < 1.29 is 19.2 Å². The average molecular weight is 680 g/mol. The van der Waals surface area contributed by atoms with Crippen LogP contribution in [-0.2, 0) is 9.53 Å². The number of carbonyl (C=O) groups is 1. The molecule has 11 nitrogen and oxygen atoms in total. The third kappa shape index (κ3) is 6.82. The molecule has 48 heavy (non-hydrogen) atoms. The Balaban J connectivity index is 1.59. The first-order valence-corrected chi connectivity index (χ1v) is 16.6. The highest BCUT2D eigenvalue weighted by atomic mass is 32.2. The van der Waals surface area contributed by atoms with Gasteiger partial charge in [0.2, 0.25) is 0 Å². The van der Waals surface area contributed by atoms with Crippen molar-refractivity contribution in [3.63, 3.8) is 0 Å². The largest absolute Gasteiger partial charge is 0.491 e. The Morgan fingerprint density at radius 3 is 2.46 bits per heavy atom. The second-order valence-electron chi connectivity index (χ2n) is 10.8. The summed E-state index contributed by atoms with van der Waals surface area (Å²) < 4.78 is 13.2. The molecule has 0 aliphatic carbocycles. The number of nitro benzene ring substituents is 1. The molecule has 3 aromatic carbocycles. The molecule has 3 heterocycles. The van der Waals surface area contributed by atoms with E-state index in [-0.39, 0.29) is 28.5 Å². The van der Waals surface area contributed by atoms with Crippen molar-refractivity contribution in [3.05, 3.63) is 143 Å². The van der Waals surface area contributed by atoms with Gasteiger partial charge in [-0.15, -0.1) is 0 Å². The zero-order valence-electron chi connectivity index (χ0n) is 26.1. The van der Waals surface area contributed by atoms with Gasteiger partial charge in [-0.05, 0) is 74.0 Å². The summed E-state index contributed by atoms with van der Waals surface area (Å²) in [5.41, 5.74) is 1.82. The zero-order chi connectivity index (χ0) is 33.8. The summed E-state index contributed by atoms with van der Waals surface area (Å²) in [6.07, 6.45) is 4.77. The number of thiazole rings is 1. The lowest BCUT2D eigenvalue weighted by Crippen LogP contribution is -2.40. The molecule has 1 aliphatic heterocycles. The quantitative estimate of drug-likeness (QED) is 0.0802. The molecule has 0 amide bonds. The summed E-state index contributed by atoms with van der Waals surface area (Å²) in [6, 6.07) is 21.7. The molecule has 6 rings (SSSR count). The van der Waals surface area contributed by atoms with Crippen LogP contribution in [0.3, 0.4) is 0 Å². The minimum Gasteiger partial charge on any atom is -0.491 e. The van der Waals surface area contributed by atoms with Crippen LogP contribution in [0.4, 0.5) is 5.69 Å². The first-order chi connectivity index (χ1) is 23.2. The Hall–Kier alpha value is -5.40. The second kappa shape index (κ2) is 14.2. The van der Waals surface area contributed by atoms with E-state index >= 15 is 0 Å². The molecular weight excluding hydrogens is 651 g/mol. The van der Waals surface area contributed by atoms with Gasteiger partial charge in [0.25, 0.3) is 11.2 Å². The van der Waals surface area contributed by atoms with Crippen LogP contribution in [0.1, 0.15) is 43.5 Å². The van der Waals surface area contributed by atoms with Crippen molar-refractivity contribution in [3.8, 4) is 5.75 Å². The van der Waals surface area contributed by atoms with Crippen LogP contribution in [-0.4, -0.2) is 38.1 Å². The van der Waals surface area contributed by atoms with Crippen molar-refractivity contribution >= 4 is 46.5 Å². The fourth-order valence-electron chi connectivity index (χ4n) is 5.19. The number of benzene rings is 3. The Kier molecular flexibility index (Phi) is 9.60. The van der Waals surface area contributed by atoms with Gasteiger partial charge in [0.1, 0.15) is 5.75 Å². The molecule has 0 radical (unpaired) electrons. The number of hydrogen-bond acceptors (Lipinski definition) is 11. The molecule has 0 saturated heterocycles. The highest BCUT2D eigenvalue weighted by molar-refractivity contribution is 7.99. The summed E-state index contributed by atoms with van der Waals surface area (Å²) in [5, 5.41) is 12.2. The molecule has 0 unspecified atom stereocenters. The molecule has 0 saturated carbocycles. The lowest BCUT2D eigenvalue weighted by atomic mass is 9.93. The van der Waals surface area contributed by atoms with Gasteiger partial charge >= 0.3 is 5.97 Å². The van der Waals surface area contributed by atoms with E-state index in [1.807, 2.05) is 56.3 Å². The van der Waals surface area contributed by atoms with Crippen LogP contribution in [0.15, 0.2) is 117 Å². The average Bonchev–Trinajstić information content (AvgIpc) is 3.39. The van der Waals surface area contributed by atoms with Gasteiger partial charge in [0.15, 0.2) is 9.96 Å². The van der Waals surface area contributed by atoms with Crippen LogP contribution in [0.2, 0.25) is 0 Å². The van der Waals surface area contributed by atoms with E-state index in [9.17, 15) is 19.7 Å². The topological polar surface area (TPSA) is 139 Å². The Bertz CT molecular complexity index is 2200. The third-order valence-electron chi connectivity index (χ3n) is 7.18. The molecule has 0 N–H and O–H groups in total. The molecule has 13 heteroatoms. The maximum atomic E-state index is 14.4. The first-order valence-electron chi connectivity index (χ1n) is 15.0. The molecule has 1 aliphatic rings. The van der Waals surface area contributed by atoms with Gasteiger partial charge in [0, 0.05) is 35.0 Å². The van der Waals surface area contributed by atoms with Gasteiger partial charge in [0.05, 0.1) is 39.5 Å². The van der Waals surface area contributed by atoms with Gasteiger partial charge in [-0.1, -0.05) is 53.8 Å². The maximum Gasteiger partial charge on any atom is 0.338 e. The standard InChI is InChI=1S/C35H29N5O6S2/c1-4-45-33(42)29-30(22-9-6-5-7-10-22)38-35-39(31(29)23-11-14-26(15-12-23)46-21(2)3)32(41)28(48-35)20-24-19-25(40(43)44)13-16-27(24)47-34-36-17-8-18-37-34/h5-21,31H,4H2,1-3H3/b28-20-/t31-/m1/s1. The van der Waals surface area contributed by atoms with Gasteiger partial charge < -0.3 is 9.47 Å². The molecule has 5 aromatic rings. The molecule has 0 spiro atoms. The van der Waals surface area contributed by atoms with Crippen LogP contribution in [0.25, 0.3) is 11.8 Å². The first kappa shape index (κ1) is 32.5. The van der Waals surface area contributed by atoms with Gasteiger partial charge in [-0.3, -0.25) is 19.5 Å². The van der Waals surface area contributed by atoms with E-state index in [2.05, 4.69) is 9.97 Å². The predicted molar refractivity (Wildman–Crippen MR) is 183 cm³/mol. The molecule has 242 valence electrons. The zero-order valence-corrected chi connectivity index (χ0v) is 27.7. The Labute approximate surface area is 283 Å². The lowest BCUT2D eigenvalue weighted by Gasteiger charge is -2.26. The number of nitro groups is 1. The SMILES string of the molecule is CCOC(=O)C1=C(c2ccccc2)N=c2s/c(=C\c3cc([N+](=O)[O-])ccc3Sc3ncccn3)c(=O)n2[C@@H]1c1ccc(OC(C)C)cc1. The number of nitrogens with zero attached hydrogens (tertiary/aromatic N) is 5. The number of hydrogen-bond donors (Lipinski definition) is 0. The van der Waals surface area contributed by atoms with E-state index < -0.39 is 22.5 Å². The van der Waals surface area contributed by atoms with E-state index in [0.29, 0.717) is 43.0 Å². The summed E-state index contributed by atoms with van der Waals surface area (Å²) in [5.74, 6) is 0.0475. The summed E-state index contributed by atoms with van der Waals surface area (Å²) in [6.45, 7) is 5.70. The Morgan fingerprint density at radius 2 is 1.79 bits per heavy atom. The fraction of sp³-hybridized carbons (Fsp3) is 0.171. The van der Waals surface area contributed by atoms with Crippen LogP contribution in [0.5, 0.6) is 5.75 Å². The van der Waals surface area contributed by atoms with Crippen LogP contribution < -0.4 is 19.6 Å². The van der Waals surface area contributed by atoms with E-state index in [0.717, 1.165) is 11.3 Å². The maximum absolute atomic E-state index is 14.4. The molecule has 0 fully saturated rings. The number of carbonyl (C=O) groups excluding carboxylic acids is 1. The van der Waals surface area contributed by atoms with Crippen molar-refractivity contribution in [1.82, 2.24) is 14.5 Å². The minimum atomic E-state index is -0.887. The molecule has 1 atom stereocenters. The minimum absolute atomic E-state index is 0.0430. The highest BCUT2D eigenvalue weighted by Gasteiger charge is 2.35. The normalized spacial score (nSPS) is 14.4. The number of aromatic nitrogens is 3. The summed E-state index contributed by atoms with van der Waals surface area (Å²) in [7, 11) is 0. The monoisotopic (exact) mass is 679 g/mol. The lowest BCUT2D eigenvalue weighted by molar-refractivity contribution is -0.384. The van der Waals surface area contributed by atoms with E-state index in [4.69, 9.17) is 14.5 Å². The number of non-ortho nitro benzene ring substituents is 1. The van der Waals surface area contributed by atoms with Crippen LogP contribution >= 0.6 is 23.1 Å². The number of esters is 1. The number of rotatable bonds is 10. The Morgan fingerprint density at radius 1 is 1.06 bits per heavy atom. The van der Waals surface area contributed by atoms with Gasteiger partial charge in [-0.25, -0.2) is 19.8 Å². The summed E-state index contributed by atoms with van der Waals surface area (Å²) in [4.78, 5) is 53.8. The number of ether oxygens (including phenoxy) is 2. The molecular formula is C35H29N5O6S2. The van der Waals surface area contributed by atoms with Crippen molar-refractivity contribution in [2.24, 2.45) is 4.99 Å². The van der Waals surface area contributed by atoms with Crippen molar-refractivity contribution in [1.29, 1.82) is 0 Å². The fourth-order valence-corrected chi connectivity index (χ4v) is 6.98. The highest BCUT2D eigenvalue weighted by Crippen LogP contribution is 2.36. The van der Waals surface area contributed by atoms with E-state index in [1.165, 1.54) is 28.5 Å². The molecule has 2 aromatic heterocycles. The third-order valence-corrected chi connectivity index (χ3v) is 9.14. The second-order valence-corrected chi connectivity index (χ2v) is 12.8.